The minimum absolute atomic E-state index is 0.00826. The van der Waals surface area contributed by atoms with E-state index in [9.17, 15) is 4.79 Å². The standard InChI is InChI=1S/C14H24ClNO/c1-6-16(12(17)9-15)11-7-13(2,3)10-14(4,5)8-11/h7H,6,8-10H2,1-5H3. The molecule has 0 aliphatic heterocycles. The molecule has 3 heteroatoms. The highest BCUT2D eigenvalue weighted by Crippen LogP contribution is 2.45. The molecule has 0 unspecified atom stereocenters. The third-order valence-electron chi connectivity index (χ3n) is 3.23. The quantitative estimate of drug-likeness (QED) is 0.704. The Hall–Kier alpha value is -0.500. The number of alkyl halides is 1. The van der Waals surface area contributed by atoms with Crippen LogP contribution in [-0.4, -0.2) is 23.2 Å². The molecule has 0 aromatic rings. The fourth-order valence-corrected chi connectivity index (χ4v) is 3.27. The Morgan fingerprint density at radius 1 is 1.41 bits per heavy atom. The number of nitrogens with zero attached hydrogens (tertiary/aromatic N) is 1. The van der Waals surface area contributed by atoms with E-state index in [4.69, 9.17) is 11.6 Å². The Labute approximate surface area is 110 Å². The van der Waals surface area contributed by atoms with Gasteiger partial charge < -0.3 is 4.90 Å². The Bertz CT molecular complexity index is 331. The fraction of sp³-hybridized carbons (Fsp3) is 0.786. The Morgan fingerprint density at radius 2 is 2.00 bits per heavy atom. The fourth-order valence-electron chi connectivity index (χ4n) is 3.12. The van der Waals surface area contributed by atoms with E-state index < -0.39 is 0 Å². The average molecular weight is 258 g/mol. The maximum absolute atomic E-state index is 11.8. The normalized spacial score (nSPS) is 21.9. The van der Waals surface area contributed by atoms with Gasteiger partial charge in [0.15, 0.2) is 0 Å². The number of carbonyl (C=O) groups is 1. The molecule has 0 bridgehead atoms. The van der Waals surface area contributed by atoms with Crippen molar-refractivity contribution in [3.8, 4) is 0 Å². The molecule has 1 aliphatic carbocycles. The van der Waals surface area contributed by atoms with Gasteiger partial charge >= 0.3 is 0 Å². The van der Waals surface area contributed by atoms with Crippen LogP contribution in [0.15, 0.2) is 11.8 Å². The summed E-state index contributed by atoms with van der Waals surface area (Å²) in [5.41, 5.74) is 1.53. The lowest BCUT2D eigenvalue weighted by molar-refractivity contribution is -0.126. The second kappa shape index (κ2) is 5.01. The van der Waals surface area contributed by atoms with E-state index >= 15 is 0 Å². The number of halogens is 1. The predicted molar refractivity (Wildman–Crippen MR) is 73.0 cm³/mol. The number of carbonyl (C=O) groups excluding carboxylic acids is 1. The Kier molecular flexibility index (Phi) is 4.29. The summed E-state index contributed by atoms with van der Waals surface area (Å²) in [6, 6.07) is 0. The van der Waals surface area contributed by atoms with Crippen LogP contribution < -0.4 is 0 Å². The van der Waals surface area contributed by atoms with Gasteiger partial charge in [0.1, 0.15) is 5.88 Å². The van der Waals surface area contributed by atoms with Crippen molar-refractivity contribution >= 4 is 17.5 Å². The van der Waals surface area contributed by atoms with Gasteiger partial charge in [-0.15, -0.1) is 11.6 Å². The van der Waals surface area contributed by atoms with Crippen LogP contribution in [0.1, 0.15) is 47.5 Å². The van der Waals surface area contributed by atoms with Crippen LogP contribution in [0.5, 0.6) is 0 Å². The van der Waals surface area contributed by atoms with Crippen molar-refractivity contribution in [1.82, 2.24) is 4.90 Å². The van der Waals surface area contributed by atoms with Crippen LogP contribution in [0.3, 0.4) is 0 Å². The third kappa shape index (κ3) is 3.74. The molecule has 1 amide bonds. The molecule has 0 spiro atoms. The van der Waals surface area contributed by atoms with Crippen molar-refractivity contribution in [2.24, 2.45) is 10.8 Å². The molecular weight excluding hydrogens is 234 g/mol. The first-order valence-corrected chi connectivity index (χ1v) is 6.82. The molecular formula is C14H24ClNO. The third-order valence-corrected chi connectivity index (χ3v) is 3.46. The maximum Gasteiger partial charge on any atom is 0.241 e. The van der Waals surface area contributed by atoms with Gasteiger partial charge in [-0.05, 0) is 30.6 Å². The lowest BCUT2D eigenvalue weighted by atomic mass is 9.68. The summed E-state index contributed by atoms with van der Waals surface area (Å²) in [4.78, 5) is 13.6. The summed E-state index contributed by atoms with van der Waals surface area (Å²) >= 11 is 5.67. The van der Waals surface area contributed by atoms with Crippen molar-refractivity contribution in [2.75, 3.05) is 12.4 Å². The highest BCUT2D eigenvalue weighted by molar-refractivity contribution is 6.27. The molecule has 17 heavy (non-hydrogen) atoms. The Balaban J connectivity index is 3.03. The number of rotatable bonds is 3. The second-order valence-electron chi connectivity index (χ2n) is 6.41. The van der Waals surface area contributed by atoms with Gasteiger partial charge in [-0.1, -0.05) is 33.8 Å². The van der Waals surface area contributed by atoms with Gasteiger partial charge in [0.25, 0.3) is 0 Å². The minimum atomic E-state index is 0.00826. The van der Waals surface area contributed by atoms with Gasteiger partial charge in [-0.25, -0.2) is 0 Å². The summed E-state index contributed by atoms with van der Waals surface area (Å²) < 4.78 is 0. The maximum atomic E-state index is 11.8. The molecule has 0 atom stereocenters. The van der Waals surface area contributed by atoms with Gasteiger partial charge in [0, 0.05) is 12.2 Å². The van der Waals surface area contributed by atoms with Gasteiger partial charge in [-0.3, -0.25) is 4.79 Å². The molecule has 0 radical (unpaired) electrons. The summed E-state index contributed by atoms with van der Waals surface area (Å²) in [6.07, 6.45) is 4.34. The molecule has 0 aromatic carbocycles. The summed E-state index contributed by atoms with van der Waals surface area (Å²) in [7, 11) is 0. The molecule has 0 heterocycles. The molecule has 0 saturated heterocycles. The highest BCUT2D eigenvalue weighted by Gasteiger charge is 2.35. The van der Waals surface area contributed by atoms with Crippen LogP contribution in [0.4, 0.5) is 0 Å². The zero-order valence-electron chi connectivity index (χ0n) is 11.6. The highest BCUT2D eigenvalue weighted by atomic mass is 35.5. The minimum Gasteiger partial charge on any atom is -0.316 e. The zero-order chi connectivity index (χ0) is 13.3. The molecule has 98 valence electrons. The first kappa shape index (κ1) is 14.6. The van der Waals surface area contributed by atoms with Gasteiger partial charge in [0.2, 0.25) is 5.91 Å². The van der Waals surface area contributed by atoms with E-state index in [0.29, 0.717) is 6.54 Å². The first-order chi connectivity index (χ1) is 7.71. The number of hydrogen-bond acceptors (Lipinski definition) is 1. The Morgan fingerprint density at radius 3 is 2.41 bits per heavy atom. The molecule has 1 aliphatic rings. The summed E-state index contributed by atoms with van der Waals surface area (Å²) in [5, 5.41) is 0. The number of allylic oxidation sites excluding steroid dienone is 2. The second-order valence-corrected chi connectivity index (χ2v) is 6.68. The SMILES string of the molecule is CCN(C(=O)CCl)C1=CC(C)(C)CC(C)(C)C1. The van der Waals surface area contributed by atoms with Crippen molar-refractivity contribution in [2.45, 2.75) is 47.5 Å². The monoisotopic (exact) mass is 257 g/mol. The van der Waals surface area contributed by atoms with Crippen molar-refractivity contribution in [1.29, 1.82) is 0 Å². The topological polar surface area (TPSA) is 20.3 Å². The van der Waals surface area contributed by atoms with Crippen LogP contribution >= 0.6 is 11.6 Å². The van der Waals surface area contributed by atoms with E-state index in [1.165, 1.54) is 0 Å². The van der Waals surface area contributed by atoms with Crippen molar-refractivity contribution in [3.05, 3.63) is 11.8 Å². The van der Waals surface area contributed by atoms with E-state index in [1.807, 2.05) is 11.8 Å². The average Bonchev–Trinajstić information content (AvgIpc) is 2.13. The first-order valence-electron chi connectivity index (χ1n) is 6.29. The molecule has 2 nitrogen and oxygen atoms in total. The lowest BCUT2D eigenvalue weighted by Gasteiger charge is -2.42. The number of amides is 1. The molecule has 0 saturated carbocycles. The van der Waals surface area contributed by atoms with E-state index in [1.54, 1.807) is 0 Å². The van der Waals surface area contributed by atoms with Crippen molar-refractivity contribution < 1.29 is 4.79 Å². The van der Waals surface area contributed by atoms with Crippen LogP contribution in [0, 0.1) is 10.8 Å². The largest absolute Gasteiger partial charge is 0.316 e. The van der Waals surface area contributed by atoms with Crippen LogP contribution in [-0.2, 0) is 4.79 Å². The summed E-state index contributed by atoms with van der Waals surface area (Å²) in [5.74, 6) is 0.0698. The van der Waals surface area contributed by atoms with Crippen LogP contribution in [0.2, 0.25) is 0 Å². The molecule has 1 rings (SSSR count). The van der Waals surface area contributed by atoms with E-state index in [-0.39, 0.29) is 22.6 Å². The summed E-state index contributed by atoms with van der Waals surface area (Å²) in [6.45, 7) is 11.7. The smallest absolute Gasteiger partial charge is 0.241 e. The molecule has 0 fully saturated rings. The van der Waals surface area contributed by atoms with Crippen LogP contribution in [0.25, 0.3) is 0 Å². The number of hydrogen-bond donors (Lipinski definition) is 0. The lowest BCUT2D eigenvalue weighted by Crippen LogP contribution is -2.37. The zero-order valence-corrected chi connectivity index (χ0v) is 12.4. The van der Waals surface area contributed by atoms with Gasteiger partial charge in [-0.2, -0.15) is 0 Å². The van der Waals surface area contributed by atoms with Gasteiger partial charge in [0.05, 0.1) is 0 Å². The predicted octanol–water partition coefficient (Wildman–Crippen LogP) is 3.80. The van der Waals surface area contributed by atoms with E-state index in [2.05, 4.69) is 33.8 Å². The molecule has 0 aromatic heterocycles. The van der Waals surface area contributed by atoms with Crippen molar-refractivity contribution in [3.63, 3.8) is 0 Å². The molecule has 0 N–H and O–H groups in total. The van der Waals surface area contributed by atoms with E-state index in [0.717, 1.165) is 18.5 Å².